The Kier molecular flexibility index (Phi) is 8.02. The van der Waals surface area contributed by atoms with E-state index in [2.05, 4.69) is 62.1 Å². The molecule has 23 heavy (non-hydrogen) atoms. The van der Waals surface area contributed by atoms with E-state index in [9.17, 15) is 0 Å². The molecule has 1 aliphatic carbocycles. The summed E-state index contributed by atoms with van der Waals surface area (Å²) in [5.74, 6) is 8.21. The van der Waals surface area contributed by atoms with Gasteiger partial charge in [-0.2, -0.15) is 0 Å². The van der Waals surface area contributed by atoms with Crippen LogP contribution in [0, 0.1) is 23.7 Å². The Bertz CT molecular complexity index is 515. The summed E-state index contributed by atoms with van der Waals surface area (Å²) in [6.45, 7) is 4.57. The molecule has 0 radical (unpaired) electrons. The highest BCUT2D eigenvalue weighted by Crippen LogP contribution is 2.31. The molecule has 0 spiro atoms. The van der Waals surface area contributed by atoms with Gasteiger partial charge < -0.3 is 0 Å². The quantitative estimate of drug-likeness (QED) is 0.413. The standard InChI is InChI=1S/C23H32/c1-3-5-6-9-21-16-18-23(19-17-21)11-8-7-10-22-14-12-20(4-2)13-15-22/h7,10,16-20,22H,3-6,9,12-15H2,1-2H3/b10-7+. The van der Waals surface area contributed by atoms with Crippen molar-refractivity contribution in [2.45, 2.75) is 71.6 Å². The summed E-state index contributed by atoms with van der Waals surface area (Å²) in [7, 11) is 0. The van der Waals surface area contributed by atoms with E-state index in [1.807, 2.05) is 0 Å². The third kappa shape index (κ3) is 6.66. The first kappa shape index (κ1) is 17.9. The summed E-state index contributed by atoms with van der Waals surface area (Å²) in [4.78, 5) is 0. The second-order valence-corrected chi connectivity index (χ2v) is 6.97. The van der Waals surface area contributed by atoms with Gasteiger partial charge in [0.15, 0.2) is 0 Å². The van der Waals surface area contributed by atoms with Gasteiger partial charge in [-0.25, -0.2) is 0 Å². The Hall–Kier alpha value is -1.48. The summed E-state index contributed by atoms with van der Waals surface area (Å²) in [5, 5.41) is 0. The molecule has 0 aromatic heterocycles. The molecule has 1 aliphatic rings. The van der Waals surface area contributed by atoms with Gasteiger partial charge in [0.25, 0.3) is 0 Å². The lowest BCUT2D eigenvalue weighted by molar-refractivity contribution is 0.304. The zero-order chi connectivity index (χ0) is 16.3. The fraction of sp³-hybridized carbons (Fsp3) is 0.565. The molecule has 1 fully saturated rings. The van der Waals surface area contributed by atoms with Gasteiger partial charge in [-0.3, -0.25) is 0 Å². The van der Waals surface area contributed by atoms with Crippen molar-refractivity contribution in [1.82, 2.24) is 0 Å². The Morgan fingerprint density at radius 2 is 1.74 bits per heavy atom. The van der Waals surface area contributed by atoms with Crippen molar-refractivity contribution in [3.05, 3.63) is 47.5 Å². The summed E-state index contributed by atoms with van der Waals surface area (Å²) < 4.78 is 0. The van der Waals surface area contributed by atoms with Crippen LogP contribution in [-0.4, -0.2) is 0 Å². The topological polar surface area (TPSA) is 0 Å². The number of hydrogen-bond donors (Lipinski definition) is 0. The lowest BCUT2D eigenvalue weighted by Gasteiger charge is -2.25. The van der Waals surface area contributed by atoms with E-state index < -0.39 is 0 Å². The molecular weight excluding hydrogens is 276 g/mol. The van der Waals surface area contributed by atoms with Gasteiger partial charge in [0, 0.05) is 5.56 Å². The minimum absolute atomic E-state index is 0.757. The molecule has 0 saturated heterocycles. The molecular formula is C23H32. The second-order valence-electron chi connectivity index (χ2n) is 6.97. The van der Waals surface area contributed by atoms with Crippen LogP contribution in [0.4, 0.5) is 0 Å². The molecule has 1 saturated carbocycles. The van der Waals surface area contributed by atoms with Crippen LogP contribution < -0.4 is 0 Å². The van der Waals surface area contributed by atoms with E-state index in [0.29, 0.717) is 0 Å². The Morgan fingerprint density at radius 3 is 2.39 bits per heavy atom. The second kappa shape index (κ2) is 10.3. The highest BCUT2D eigenvalue weighted by molar-refractivity contribution is 5.38. The van der Waals surface area contributed by atoms with Gasteiger partial charge in [0.1, 0.15) is 0 Å². The molecule has 1 aromatic carbocycles. The van der Waals surface area contributed by atoms with Crippen molar-refractivity contribution in [2.75, 3.05) is 0 Å². The molecule has 0 aliphatic heterocycles. The molecule has 0 heteroatoms. The minimum atomic E-state index is 0.757. The van der Waals surface area contributed by atoms with Crippen LogP contribution in [0.1, 0.15) is 76.3 Å². The van der Waals surface area contributed by atoms with E-state index in [1.54, 1.807) is 0 Å². The van der Waals surface area contributed by atoms with Gasteiger partial charge in [0.2, 0.25) is 0 Å². The van der Waals surface area contributed by atoms with Gasteiger partial charge in [0.05, 0.1) is 0 Å². The summed E-state index contributed by atoms with van der Waals surface area (Å²) >= 11 is 0. The van der Waals surface area contributed by atoms with E-state index >= 15 is 0 Å². The number of benzene rings is 1. The van der Waals surface area contributed by atoms with Gasteiger partial charge in [-0.05, 0) is 74.1 Å². The SMILES string of the molecule is CCCCCc1ccc(C#C/C=C/C2CCC(CC)CC2)cc1. The predicted octanol–water partition coefficient (Wildman–Crippen LogP) is 6.54. The molecule has 0 unspecified atom stereocenters. The molecule has 1 aromatic rings. The highest BCUT2D eigenvalue weighted by Gasteiger charge is 2.17. The van der Waals surface area contributed by atoms with Crippen molar-refractivity contribution in [1.29, 1.82) is 0 Å². The normalized spacial score (nSPS) is 21.1. The Labute approximate surface area is 143 Å². The van der Waals surface area contributed by atoms with Crippen LogP contribution in [0.5, 0.6) is 0 Å². The fourth-order valence-electron chi connectivity index (χ4n) is 3.43. The van der Waals surface area contributed by atoms with E-state index in [-0.39, 0.29) is 0 Å². The zero-order valence-electron chi connectivity index (χ0n) is 15.0. The number of aryl methyl sites for hydroxylation is 1. The van der Waals surface area contributed by atoms with Gasteiger partial charge in [-0.15, -0.1) is 0 Å². The van der Waals surface area contributed by atoms with E-state index in [0.717, 1.165) is 17.4 Å². The number of unbranched alkanes of at least 4 members (excludes halogenated alkanes) is 2. The molecule has 0 heterocycles. The van der Waals surface area contributed by atoms with Crippen molar-refractivity contribution in [2.24, 2.45) is 11.8 Å². The molecule has 2 rings (SSSR count). The Balaban J connectivity index is 1.77. The first-order chi connectivity index (χ1) is 11.3. The van der Waals surface area contributed by atoms with Crippen molar-refractivity contribution < 1.29 is 0 Å². The summed E-state index contributed by atoms with van der Waals surface area (Å²) in [6, 6.07) is 8.79. The zero-order valence-corrected chi connectivity index (χ0v) is 15.0. The summed E-state index contributed by atoms with van der Waals surface area (Å²) in [5.41, 5.74) is 2.57. The molecule has 0 amide bonds. The lowest BCUT2D eigenvalue weighted by atomic mass is 9.81. The molecule has 0 bridgehead atoms. The van der Waals surface area contributed by atoms with Gasteiger partial charge in [-0.1, -0.05) is 63.2 Å². The number of hydrogen-bond acceptors (Lipinski definition) is 0. The van der Waals surface area contributed by atoms with Crippen LogP contribution in [0.15, 0.2) is 36.4 Å². The first-order valence-electron chi connectivity index (χ1n) is 9.59. The smallest absolute Gasteiger partial charge is 0.0249 e. The van der Waals surface area contributed by atoms with Crippen LogP contribution in [0.25, 0.3) is 0 Å². The molecule has 0 nitrogen and oxygen atoms in total. The summed E-state index contributed by atoms with van der Waals surface area (Å²) in [6.07, 6.45) is 16.4. The molecule has 0 N–H and O–H groups in total. The maximum Gasteiger partial charge on any atom is 0.0249 e. The Morgan fingerprint density at radius 1 is 1.00 bits per heavy atom. The highest BCUT2D eigenvalue weighted by atomic mass is 14.2. The predicted molar refractivity (Wildman–Crippen MR) is 101 cm³/mol. The first-order valence-corrected chi connectivity index (χ1v) is 9.59. The average Bonchev–Trinajstić information content (AvgIpc) is 2.61. The van der Waals surface area contributed by atoms with E-state index in [1.165, 1.54) is 63.4 Å². The largest absolute Gasteiger partial charge is 0.0730 e. The maximum atomic E-state index is 3.26. The third-order valence-corrected chi connectivity index (χ3v) is 5.16. The number of rotatable bonds is 6. The van der Waals surface area contributed by atoms with Crippen molar-refractivity contribution in [3.8, 4) is 11.8 Å². The monoisotopic (exact) mass is 308 g/mol. The van der Waals surface area contributed by atoms with Crippen LogP contribution in [0.3, 0.4) is 0 Å². The molecule has 124 valence electrons. The van der Waals surface area contributed by atoms with Crippen LogP contribution in [-0.2, 0) is 6.42 Å². The van der Waals surface area contributed by atoms with Crippen LogP contribution in [0.2, 0.25) is 0 Å². The third-order valence-electron chi connectivity index (χ3n) is 5.16. The average molecular weight is 309 g/mol. The minimum Gasteiger partial charge on any atom is -0.0730 e. The fourth-order valence-corrected chi connectivity index (χ4v) is 3.43. The number of allylic oxidation sites excluding steroid dienone is 2. The van der Waals surface area contributed by atoms with Gasteiger partial charge >= 0.3 is 0 Å². The molecule has 0 atom stereocenters. The van der Waals surface area contributed by atoms with Crippen LogP contribution >= 0.6 is 0 Å². The maximum absolute atomic E-state index is 3.26. The van der Waals surface area contributed by atoms with E-state index in [4.69, 9.17) is 0 Å². The van der Waals surface area contributed by atoms with Crippen molar-refractivity contribution in [3.63, 3.8) is 0 Å². The van der Waals surface area contributed by atoms with Crippen molar-refractivity contribution >= 4 is 0 Å². The lowest BCUT2D eigenvalue weighted by Crippen LogP contribution is -2.11.